The Morgan fingerprint density at radius 2 is 0.508 bits per heavy atom. The molecule has 0 saturated heterocycles. The van der Waals surface area contributed by atoms with Crippen molar-refractivity contribution in [2.75, 3.05) is 0 Å². The van der Waals surface area contributed by atoms with Crippen molar-refractivity contribution in [3.8, 4) is 90.1 Å². The van der Waals surface area contributed by atoms with Gasteiger partial charge in [0, 0.05) is 49.7 Å². The molecule has 2 heterocycles. The van der Waals surface area contributed by atoms with E-state index in [2.05, 4.69) is 175 Å². The van der Waals surface area contributed by atoms with Gasteiger partial charge in [0.1, 0.15) is 0 Å². The standard InChI is InChI=1S/C56H38N4S/c1-5-13-39(14-6-1)49-37-52(44-15-7-2-8-16-44)57-53(38-49)45-25-21-40(22-26-45)42-29-33-50(34-30-42)61-51-35-31-43(32-36-51)41-23-27-48(28-24-41)56-59-54(46-17-9-3-10-18-46)58-55(60-56)47-19-11-4-12-20-47/h1-38H/p+1. The fourth-order valence-corrected chi connectivity index (χ4v) is 8.27. The first-order chi connectivity index (χ1) is 30.2. The Morgan fingerprint density at radius 3 is 0.902 bits per heavy atom. The summed E-state index contributed by atoms with van der Waals surface area (Å²) >= 11 is 1.77. The van der Waals surface area contributed by atoms with Crippen LogP contribution in [0.1, 0.15) is 0 Å². The molecule has 5 heteroatoms. The number of H-pyrrole nitrogens is 1. The zero-order valence-corrected chi connectivity index (χ0v) is 34.0. The molecule has 0 radical (unpaired) electrons. The number of nitrogens with one attached hydrogen (secondary N) is 1. The number of hydrogen-bond acceptors (Lipinski definition) is 4. The molecule has 1 N–H and O–H groups in total. The predicted octanol–water partition coefficient (Wildman–Crippen LogP) is 14.2. The molecule has 10 aromatic rings. The van der Waals surface area contributed by atoms with Crippen molar-refractivity contribution in [2.24, 2.45) is 0 Å². The maximum absolute atomic E-state index is 4.89. The minimum absolute atomic E-state index is 0.648. The fourth-order valence-electron chi connectivity index (χ4n) is 7.45. The maximum atomic E-state index is 4.89. The third-order valence-electron chi connectivity index (χ3n) is 10.7. The Labute approximate surface area is 360 Å². The first-order valence-electron chi connectivity index (χ1n) is 20.3. The molecule has 0 saturated carbocycles. The summed E-state index contributed by atoms with van der Waals surface area (Å²) in [5, 5.41) is 0. The van der Waals surface area contributed by atoms with Crippen molar-refractivity contribution >= 4 is 11.8 Å². The second-order valence-electron chi connectivity index (χ2n) is 14.8. The van der Waals surface area contributed by atoms with Gasteiger partial charge in [-0.2, -0.15) is 0 Å². The molecule has 0 aliphatic carbocycles. The molecule has 0 aliphatic rings. The van der Waals surface area contributed by atoms with Crippen LogP contribution >= 0.6 is 11.8 Å². The third kappa shape index (κ3) is 8.55. The van der Waals surface area contributed by atoms with Gasteiger partial charge in [-0.15, -0.1) is 0 Å². The lowest BCUT2D eigenvalue weighted by molar-refractivity contribution is -0.351. The second kappa shape index (κ2) is 17.2. The molecular formula is C56H39N4S+. The van der Waals surface area contributed by atoms with E-state index >= 15 is 0 Å². The first kappa shape index (κ1) is 37.5. The summed E-state index contributed by atoms with van der Waals surface area (Å²) < 4.78 is 0. The van der Waals surface area contributed by atoms with Crippen molar-refractivity contribution < 1.29 is 4.98 Å². The topological polar surface area (TPSA) is 52.8 Å². The van der Waals surface area contributed by atoms with E-state index in [1.54, 1.807) is 11.8 Å². The van der Waals surface area contributed by atoms with E-state index in [0.29, 0.717) is 17.5 Å². The van der Waals surface area contributed by atoms with Crippen LogP contribution in [0.2, 0.25) is 0 Å². The molecule has 0 fully saturated rings. The van der Waals surface area contributed by atoms with Crippen molar-refractivity contribution in [1.29, 1.82) is 0 Å². The lowest BCUT2D eigenvalue weighted by Crippen LogP contribution is -2.11. The van der Waals surface area contributed by atoms with E-state index in [0.717, 1.165) is 50.3 Å². The van der Waals surface area contributed by atoms with Crippen LogP contribution in [0, 0.1) is 0 Å². The Kier molecular flexibility index (Phi) is 10.6. The normalized spacial score (nSPS) is 11.0. The Balaban J connectivity index is 0.827. The SMILES string of the molecule is c1ccc(-c2cc(-c3ccccc3)[nH+]c(-c3ccc(-c4ccc(Sc5ccc(-c6ccc(-c7nc(-c8ccccc8)nc(-c8ccccc8)n7)cc6)cc5)cc4)cc3)c2)cc1. The number of rotatable bonds is 10. The summed E-state index contributed by atoms with van der Waals surface area (Å²) in [4.78, 5) is 20.7. The van der Waals surface area contributed by atoms with Crippen molar-refractivity contribution in [2.45, 2.75) is 9.79 Å². The van der Waals surface area contributed by atoms with Crippen LogP contribution < -0.4 is 4.98 Å². The monoisotopic (exact) mass is 799 g/mol. The van der Waals surface area contributed by atoms with Crippen LogP contribution in [0.25, 0.3) is 90.1 Å². The zero-order chi connectivity index (χ0) is 40.8. The largest absolute Gasteiger partial charge is 0.211 e. The van der Waals surface area contributed by atoms with E-state index in [9.17, 15) is 0 Å². The van der Waals surface area contributed by atoms with E-state index in [1.807, 2.05) is 60.7 Å². The Hall–Kier alpha value is -7.73. The van der Waals surface area contributed by atoms with Crippen LogP contribution in [0.4, 0.5) is 0 Å². The molecule has 10 rings (SSSR count). The summed E-state index contributed by atoms with van der Waals surface area (Å²) in [7, 11) is 0. The second-order valence-corrected chi connectivity index (χ2v) is 15.9. The molecule has 0 unspecified atom stereocenters. The lowest BCUT2D eigenvalue weighted by atomic mass is 9.98. The maximum Gasteiger partial charge on any atom is 0.211 e. The highest BCUT2D eigenvalue weighted by atomic mass is 32.2. The van der Waals surface area contributed by atoms with E-state index in [-0.39, 0.29) is 0 Å². The van der Waals surface area contributed by atoms with Gasteiger partial charge in [-0.3, -0.25) is 0 Å². The summed E-state index contributed by atoms with van der Waals surface area (Å²) in [5.41, 5.74) is 14.4. The van der Waals surface area contributed by atoms with Crippen LogP contribution in [0.3, 0.4) is 0 Å². The van der Waals surface area contributed by atoms with Gasteiger partial charge in [0.25, 0.3) is 0 Å². The number of aromatic amines is 1. The van der Waals surface area contributed by atoms with Crippen molar-refractivity contribution in [3.05, 3.63) is 231 Å². The summed E-state index contributed by atoms with van der Waals surface area (Å²) in [5.74, 6) is 1.96. The third-order valence-corrected chi connectivity index (χ3v) is 11.7. The van der Waals surface area contributed by atoms with Gasteiger partial charge >= 0.3 is 0 Å². The van der Waals surface area contributed by atoms with Crippen LogP contribution in [-0.4, -0.2) is 15.0 Å². The fraction of sp³-hybridized carbons (Fsp3) is 0. The van der Waals surface area contributed by atoms with Gasteiger partial charge in [-0.1, -0.05) is 182 Å². The molecule has 0 aliphatic heterocycles. The first-order valence-corrected chi connectivity index (χ1v) is 21.1. The molecule has 2 aromatic heterocycles. The quantitative estimate of drug-likeness (QED) is 0.138. The summed E-state index contributed by atoms with van der Waals surface area (Å²) in [6.45, 7) is 0. The van der Waals surface area contributed by atoms with Gasteiger partial charge in [-0.05, 0) is 81.9 Å². The smallest absolute Gasteiger partial charge is 0.208 e. The van der Waals surface area contributed by atoms with Crippen LogP contribution in [-0.2, 0) is 0 Å². The molecule has 0 bridgehead atoms. The highest BCUT2D eigenvalue weighted by molar-refractivity contribution is 7.99. The number of aromatic nitrogens is 4. The van der Waals surface area contributed by atoms with Crippen molar-refractivity contribution in [1.82, 2.24) is 15.0 Å². The molecule has 4 nitrogen and oxygen atoms in total. The number of hydrogen-bond donors (Lipinski definition) is 0. The highest BCUT2D eigenvalue weighted by Gasteiger charge is 2.16. The highest BCUT2D eigenvalue weighted by Crippen LogP contribution is 2.34. The molecule has 0 spiro atoms. The van der Waals surface area contributed by atoms with Gasteiger partial charge in [0.05, 0.1) is 0 Å². The summed E-state index contributed by atoms with van der Waals surface area (Å²) in [6, 6.07) is 80.6. The van der Waals surface area contributed by atoms with E-state index < -0.39 is 0 Å². The molecule has 0 amide bonds. The Morgan fingerprint density at radius 1 is 0.246 bits per heavy atom. The minimum Gasteiger partial charge on any atom is -0.208 e. The van der Waals surface area contributed by atoms with Gasteiger partial charge in [-0.25, -0.2) is 19.9 Å². The summed E-state index contributed by atoms with van der Waals surface area (Å²) in [6.07, 6.45) is 0. The molecular weight excluding hydrogens is 761 g/mol. The molecule has 288 valence electrons. The average molecular weight is 800 g/mol. The predicted molar refractivity (Wildman–Crippen MR) is 250 cm³/mol. The number of nitrogens with zero attached hydrogens (tertiary/aromatic N) is 3. The Bertz CT molecular complexity index is 2700. The van der Waals surface area contributed by atoms with E-state index in [1.165, 1.54) is 32.0 Å². The van der Waals surface area contributed by atoms with Crippen LogP contribution in [0.5, 0.6) is 0 Å². The molecule has 8 aromatic carbocycles. The van der Waals surface area contributed by atoms with Crippen molar-refractivity contribution in [3.63, 3.8) is 0 Å². The minimum atomic E-state index is 0.648. The number of benzene rings is 8. The molecule has 0 atom stereocenters. The van der Waals surface area contributed by atoms with Gasteiger partial charge in [0.2, 0.25) is 11.4 Å². The van der Waals surface area contributed by atoms with Gasteiger partial charge < -0.3 is 0 Å². The zero-order valence-electron chi connectivity index (χ0n) is 33.2. The molecule has 61 heavy (non-hydrogen) atoms. The number of pyridine rings is 1. The lowest BCUT2D eigenvalue weighted by Gasteiger charge is -2.09. The van der Waals surface area contributed by atoms with Gasteiger partial charge in [0.15, 0.2) is 17.5 Å². The average Bonchev–Trinajstić information content (AvgIpc) is 3.35. The van der Waals surface area contributed by atoms with E-state index in [4.69, 9.17) is 15.0 Å². The van der Waals surface area contributed by atoms with Crippen LogP contribution in [0.15, 0.2) is 240 Å².